The van der Waals surface area contributed by atoms with Gasteiger partial charge in [0.2, 0.25) is 0 Å². The van der Waals surface area contributed by atoms with E-state index in [0.29, 0.717) is 19.8 Å². The van der Waals surface area contributed by atoms with E-state index in [0.717, 1.165) is 16.7 Å². The topological polar surface area (TPSA) is 92.3 Å². The first-order chi connectivity index (χ1) is 23.2. The molecule has 10 heteroatoms. The van der Waals surface area contributed by atoms with Gasteiger partial charge in [-0.3, -0.25) is 0 Å². The van der Waals surface area contributed by atoms with Crippen LogP contribution < -0.4 is 0 Å². The highest BCUT2D eigenvalue weighted by molar-refractivity contribution is 5.15. The van der Waals surface area contributed by atoms with Crippen LogP contribution in [0.25, 0.3) is 0 Å². The molecule has 4 saturated heterocycles. The molecule has 9 atom stereocenters. The third-order valence-corrected chi connectivity index (χ3v) is 8.94. The molecule has 48 heavy (non-hydrogen) atoms. The molecule has 0 bridgehead atoms. The van der Waals surface area contributed by atoms with Gasteiger partial charge in [0.1, 0.15) is 42.7 Å². The number of rotatable bonds is 12. The molecule has 0 aliphatic carbocycles. The molecule has 0 saturated carbocycles. The van der Waals surface area contributed by atoms with Gasteiger partial charge >= 0.3 is 0 Å². The number of hydrogen-bond acceptors (Lipinski definition) is 10. The summed E-state index contributed by atoms with van der Waals surface area (Å²) in [5.74, 6) is -1.63. The van der Waals surface area contributed by atoms with Crippen LogP contribution in [-0.4, -0.2) is 80.1 Å². The molecule has 4 fully saturated rings. The molecular formula is C38H46O10. The highest BCUT2D eigenvalue weighted by Gasteiger charge is 2.61. The summed E-state index contributed by atoms with van der Waals surface area (Å²) in [4.78, 5) is 0. The van der Waals surface area contributed by atoms with E-state index in [1.54, 1.807) is 0 Å². The van der Waals surface area contributed by atoms with Gasteiger partial charge in [0, 0.05) is 0 Å². The molecule has 0 spiro atoms. The number of hydrogen-bond donors (Lipinski definition) is 0. The van der Waals surface area contributed by atoms with E-state index in [1.165, 1.54) is 0 Å². The van der Waals surface area contributed by atoms with Gasteiger partial charge in [-0.1, -0.05) is 91.0 Å². The van der Waals surface area contributed by atoms with Crippen molar-refractivity contribution in [1.82, 2.24) is 0 Å². The summed E-state index contributed by atoms with van der Waals surface area (Å²) in [6, 6.07) is 30.2. The van der Waals surface area contributed by atoms with Crippen molar-refractivity contribution >= 4 is 0 Å². The summed E-state index contributed by atoms with van der Waals surface area (Å²) in [6.45, 7) is 9.03. The van der Waals surface area contributed by atoms with Crippen LogP contribution in [0.5, 0.6) is 0 Å². The number of ether oxygens (including phenoxy) is 10. The van der Waals surface area contributed by atoms with Crippen LogP contribution in [0, 0.1) is 0 Å². The third kappa shape index (κ3) is 8.00. The van der Waals surface area contributed by atoms with Crippen molar-refractivity contribution in [1.29, 1.82) is 0 Å². The summed E-state index contributed by atoms with van der Waals surface area (Å²) >= 11 is 0. The van der Waals surface area contributed by atoms with Gasteiger partial charge in [-0.15, -0.1) is 0 Å². The molecule has 7 rings (SSSR count). The number of fused-ring (bicyclic) bond motifs is 3. The highest BCUT2D eigenvalue weighted by Crippen LogP contribution is 2.44. The van der Waals surface area contributed by atoms with Crippen molar-refractivity contribution < 1.29 is 47.4 Å². The normalized spacial score (nSPS) is 33.6. The van der Waals surface area contributed by atoms with Crippen molar-refractivity contribution in [3.8, 4) is 0 Å². The Balaban J connectivity index is 1.11. The summed E-state index contributed by atoms with van der Waals surface area (Å²) in [6.07, 6.45) is -4.69. The molecule has 0 N–H and O–H groups in total. The highest BCUT2D eigenvalue weighted by atomic mass is 16.9. The zero-order chi connectivity index (χ0) is 33.1. The summed E-state index contributed by atoms with van der Waals surface area (Å²) in [5, 5.41) is 0. The largest absolute Gasteiger partial charge is 0.368 e. The van der Waals surface area contributed by atoms with E-state index in [2.05, 4.69) is 0 Å². The quantitative estimate of drug-likeness (QED) is 0.247. The molecule has 4 heterocycles. The molecule has 0 radical (unpaired) electrons. The maximum Gasteiger partial charge on any atom is 0.190 e. The lowest BCUT2D eigenvalue weighted by Crippen LogP contribution is -2.59. The Morgan fingerprint density at radius 1 is 0.562 bits per heavy atom. The van der Waals surface area contributed by atoms with Gasteiger partial charge in [-0.2, -0.15) is 0 Å². The first-order valence-corrected chi connectivity index (χ1v) is 16.8. The van der Waals surface area contributed by atoms with Gasteiger partial charge in [0.15, 0.2) is 24.2 Å². The minimum absolute atomic E-state index is 0.143. The van der Waals surface area contributed by atoms with E-state index in [4.69, 9.17) is 47.4 Å². The lowest BCUT2D eigenvalue weighted by molar-refractivity contribution is -0.313. The molecule has 0 amide bonds. The standard InChI is InChI=1S/C38H46O10/c1-37(2)45-31-29(44-36-34(32(31)46-37)47-38(3,4)48-36)24-43-35-33(41-22-27-18-12-7-13-19-27)30(40-21-26-16-10-6-11-17-26)28(23-42-35)39-20-25-14-8-5-9-15-25/h5-19,28-36H,20-24H2,1-4H3/t28-,29-,30+,31+,32+,33-,34-,35?,36-/m1/s1. The Labute approximate surface area is 282 Å². The molecule has 4 aliphatic heterocycles. The first kappa shape index (κ1) is 33.7. The maximum atomic E-state index is 6.65. The predicted molar refractivity (Wildman–Crippen MR) is 173 cm³/mol. The van der Waals surface area contributed by atoms with Crippen LogP contribution in [0.15, 0.2) is 91.0 Å². The smallest absolute Gasteiger partial charge is 0.190 e. The van der Waals surface area contributed by atoms with Gasteiger partial charge in [-0.05, 0) is 44.4 Å². The van der Waals surface area contributed by atoms with Crippen LogP contribution in [0.1, 0.15) is 44.4 Å². The average Bonchev–Trinajstić information content (AvgIpc) is 3.59. The molecule has 258 valence electrons. The molecule has 3 aromatic carbocycles. The zero-order valence-corrected chi connectivity index (χ0v) is 28.0. The molecule has 10 nitrogen and oxygen atoms in total. The average molecular weight is 663 g/mol. The predicted octanol–water partition coefficient (Wildman–Crippen LogP) is 5.51. The fourth-order valence-electron chi connectivity index (χ4n) is 6.74. The van der Waals surface area contributed by atoms with E-state index in [9.17, 15) is 0 Å². The molecular weight excluding hydrogens is 616 g/mol. The second-order valence-electron chi connectivity index (χ2n) is 13.6. The van der Waals surface area contributed by atoms with Crippen molar-refractivity contribution in [3.63, 3.8) is 0 Å². The van der Waals surface area contributed by atoms with E-state index in [-0.39, 0.29) is 19.3 Å². The molecule has 0 aromatic heterocycles. The summed E-state index contributed by atoms with van der Waals surface area (Å²) in [7, 11) is 0. The van der Waals surface area contributed by atoms with Crippen LogP contribution in [0.3, 0.4) is 0 Å². The van der Waals surface area contributed by atoms with Crippen molar-refractivity contribution in [2.75, 3.05) is 13.2 Å². The van der Waals surface area contributed by atoms with Crippen LogP contribution in [-0.2, 0) is 67.2 Å². The molecule has 1 unspecified atom stereocenters. The van der Waals surface area contributed by atoms with E-state index < -0.39 is 60.8 Å². The fourth-order valence-corrected chi connectivity index (χ4v) is 6.74. The molecule has 3 aromatic rings. The zero-order valence-electron chi connectivity index (χ0n) is 28.0. The Kier molecular flexibility index (Phi) is 10.3. The third-order valence-electron chi connectivity index (χ3n) is 8.94. The van der Waals surface area contributed by atoms with Gasteiger partial charge < -0.3 is 47.4 Å². The summed E-state index contributed by atoms with van der Waals surface area (Å²) in [5.41, 5.74) is 3.13. The van der Waals surface area contributed by atoms with Gasteiger partial charge in [0.05, 0.1) is 33.0 Å². The maximum absolute atomic E-state index is 6.65. The second-order valence-corrected chi connectivity index (χ2v) is 13.6. The molecule has 4 aliphatic rings. The first-order valence-electron chi connectivity index (χ1n) is 16.8. The van der Waals surface area contributed by atoms with Crippen molar-refractivity contribution in [2.45, 2.75) is 114 Å². The van der Waals surface area contributed by atoms with Crippen molar-refractivity contribution in [2.24, 2.45) is 0 Å². The minimum atomic E-state index is -0.815. The summed E-state index contributed by atoms with van der Waals surface area (Å²) < 4.78 is 64.0. The second kappa shape index (κ2) is 14.6. The Morgan fingerprint density at radius 2 is 1.06 bits per heavy atom. The Hall–Kier alpha value is -2.74. The lowest BCUT2D eigenvalue weighted by atomic mass is 9.99. The van der Waals surface area contributed by atoms with Gasteiger partial charge in [0.25, 0.3) is 0 Å². The van der Waals surface area contributed by atoms with E-state index >= 15 is 0 Å². The van der Waals surface area contributed by atoms with E-state index in [1.807, 2.05) is 119 Å². The van der Waals surface area contributed by atoms with Crippen LogP contribution in [0.2, 0.25) is 0 Å². The Morgan fingerprint density at radius 3 is 1.67 bits per heavy atom. The monoisotopic (exact) mass is 662 g/mol. The Bertz CT molecular complexity index is 1440. The number of benzene rings is 3. The van der Waals surface area contributed by atoms with Crippen LogP contribution >= 0.6 is 0 Å². The lowest BCUT2D eigenvalue weighted by Gasteiger charge is -2.43. The van der Waals surface area contributed by atoms with Gasteiger partial charge in [-0.25, -0.2) is 0 Å². The fraction of sp³-hybridized carbons (Fsp3) is 0.526. The SMILES string of the molecule is CC1(C)O[C@H]2[C@@H](O1)[C@@H](COC1OC[C@@H](OCc3ccccc3)[C@H](OCc3ccccc3)[C@H]1OCc1ccccc1)O[C@@H]1OC(C)(C)O[C@@H]12. The minimum Gasteiger partial charge on any atom is -0.368 e. The van der Waals surface area contributed by atoms with Crippen molar-refractivity contribution in [3.05, 3.63) is 108 Å². The van der Waals surface area contributed by atoms with Crippen LogP contribution in [0.4, 0.5) is 0 Å².